The van der Waals surface area contributed by atoms with Crippen molar-refractivity contribution in [1.29, 1.82) is 0 Å². The summed E-state index contributed by atoms with van der Waals surface area (Å²) >= 11 is 0. The minimum absolute atomic E-state index is 0.687. The van der Waals surface area contributed by atoms with E-state index in [1.165, 1.54) is 0 Å². The Morgan fingerprint density at radius 2 is 1.71 bits per heavy atom. The van der Waals surface area contributed by atoms with Crippen molar-refractivity contribution >= 4 is 11.9 Å². The van der Waals surface area contributed by atoms with Crippen LogP contribution >= 0.6 is 0 Å². The summed E-state index contributed by atoms with van der Waals surface area (Å²) in [4.78, 5) is 4.40. The largest absolute Gasteiger partial charge is 0.494 e. The van der Waals surface area contributed by atoms with Gasteiger partial charge in [-0.05, 0) is 36.8 Å². The molecular weight excluding hydrogens is 210 g/mol. The van der Waals surface area contributed by atoms with E-state index in [1.54, 1.807) is 0 Å². The molecule has 0 saturated carbocycles. The summed E-state index contributed by atoms with van der Waals surface area (Å²) in [7, 11) is 0. The Morgan fingerprint density at radius 1 is 1.00 bits per heavy atom. The molecule has 0 N–H and O–H groups in total. The number of benzene rings is 2. The van der Waals surface area contributed by atoms with E-state index in [4.69, 9.17) is 4.74 Å². The lowest BCUT2D eigenvalue weighted by atomic mass is 10.2. The Labute approximate surface area is 102 Å². The standard InChI is InChI=1S/C15H15NO/c1-2-17-15-10-8-14(9-11-15)16-12-13-6-4-3-5-7-13/h3-12H,2H2,1H3. The zero-order valence-corrected chi connectivity index (χ0v) is 9.84. The predicted octanol–water partition coefficient (Wildman–Crippen LogP) is 3.84. The average Bonchev–Trinajstić information content (AvgIpc) is 2.40. The highest BCUT2D eigenvalue weighted by Gasteiger charge is 1.92. The molecule has 0 aliphatic heterocycles. The second-order valence-electron chi connectivity index (χ2n) is 3.60. The molecule has 2 aromatic carbocycles. The van der Waals surface area contributed by atoms with Gasteiger partial charge in [-0.2, -0.15) is 0 Å². The maximum absolute atomic E-state index is 5.37. The minimum Gasteiger partial charge on any atom is -0.494 e. The van der Waals surface area contributed by atoms with E-state index in [0.29, 0.717) is 6.61 Å². The summed E-state index contributed by atoms with van der Waals surface area (Å²) in [5.74, 6) is 0.881. The third-order valence-corrected chi connectivity index (χ3v) is 2.31. The van der Waals surface area contributed by atoms with Crippen LogP contribution in [0.15, 0.2) is 59.6 Å². The Hall–Kier alpha value is -2.09. The quantitative estimate of drug-likeness (QED) is 0.724. The van der Waals surface area contributed by atoms with Crippen molar-refractivity contribution in [3.05, 3.63) is 60.2 Å². The molecule has 0 aliphatic rings. The van der Waals surface area contributed by atoms with Crippen LogP contribution in [-0.4, -0.2) is 12.8 Å². The first-order chi connectivity index (χ1) is 8.38. The van der Waals surface area contributed by atoms with E-state index in [-0.39, 0.29) is 0 Å². The first-order valence-electron chi connectivity index (χ1n) is 5.70. The third kappa shape index (κ3) is 3.45. The molecule has 0 heterocycles. The number of nitrogens with zero attached hydrogens (tertiary/aromatic N) is 1. The molecule has 0 saturated heterocycles. The SMILES string of the molecule is CCOc1ccc(N=Cc2ccccc2)cc1. The van der Waals surface area contributed by atoms with Crippen molar-refractivity contribution in [3.8, 4) is 5.75 Å². The number of hydrogen-bond donors (Lipinski definition) is 0. The van der Waals surface area contributed by atoms with Gasteiger partial charge in [-0.25, -0.2) is 0 Å². The lowest BCUT2D eigenvalue weighted by molar-refractivity contribution is 0.340. The normalized spacial score (nSPS) is 10.6. The molecule has 0 fully saturated rings. The lowest BCUT2D eigenvalue weighted by Gasteiger charge is -2.01. The molecule has 86 valence electrons. The summed E-state index contributed by atoms with van der Waals surface area (Å²) in [6.45, 7) is 2.66. The van der Waals surface area contributed by atoms with E-state index in [1.807, 2.05) is 67.7 Å². The van der Waals surface area contributed by atoms with E-state index in [2.05, 4.69) is 4.99 Å². The maximum Gasteiger partial charge on any atom is 0.119 e. The van der Waals surface area contributed by atoms with E-state index >= 15 is 0 Å². The molecule has 0 bridgehead atoms. The number of rotatable bonds is 4. The Morgan fingerprint density at radius 3 is 2.35 bits per heavy atom. The second-order valence-corrected chi connectivity index (χ2v) is 3.60. The number of aliphatic imine (C=N–C) groups is 1. The van der Waals surface area contributed by atoms with Crippen LogP contribution in [0.5, 0.6) is 5.75 Å². The summed E-state index contributed by atoms with van der Waals surface area (Å²) in [6.07, 6.45) is 1.86. The molecule has 0 atom stereocenters. The first kappa shape index (κ1) is 11.4. The Bertz CT molecular complexity index is 474. The first-order valence-corrected chi connectivity index (χ1v) is 5.70. The van der Waals surface area contributed by atoms with Crippen molar-refractivity contribution in [2.24, 2.45) is 4.99 Å². The van der Waals surface area contributed by atoms with Gasteiger partial charge in [0.25, 0.3) is 0 Å². The van der Waals surface area contributed by atoms with Gasteiger partial charge in [0.1, 0.15) is 5.75 Å². The molecule has 2 rings (SSSR count). The molecule has 2 heteroatoms. The monoisotopic (exact) mass is 225 g/mol. The van der Waals surface area contributed by atoms with E-state index in [9.17, 15) is 0 Å². The van der Waals surface area contributed by atoms with Gasteiger partial charge in [0.05, 0.1) is 12.3 Å². The molecular formula is C15H15NO. The highest BCUT2D eigenvalue weighted by atomic mass is 16.5. The maximum atomic E-state index is 5.37. The molecule has 0 amide bonds. The number of ether oxygens (including phenoxy) is 1. The zero-order valence-electron chi connectivity index (χ0n) is 9.84. The van der Waals surface area contributed by atoms with Gasteiger partial charge >= 0.3 is 0 Å². The number of hydrogen-bond acceptors (Lipinski definition) is 2. The van der Waals surface area contributed by atoms with Crippen LogP contribution < -0.4 is 4.74 Å². The minimum atomic E-state index is 0.687. The highest BCUT2D eigenvalue weighted by Crippen LogP contribution is 2.17. The van der Waals surface area contributed by atoms with Crippen LogP contribution in [0.4, 0.5) is 5.69 Å². The molecule has 2 aromatic rings. The predicted molar refractivity (Wildman–Crippen MR) is 71.3 cm³/mol. The van der Waals surface area contributed by atoms with Gasteiger partial charge in [-0.15, -0.1) is 0 Å². The molecule has 17 heavy (non-hydrogen) atoms. The van der Waals surface area contributed by atoms with Crippen LogP contribution in [0.25, 0.3) is 0 Å². The van der Waals surface area contributed by atoms with Crippen molar-refractivity contribution in [1.82, 2.24) is 0 Å². The van der Waals surface area contributed by atoms with Crippen LogP contribution in [-0.2, 0) is 0 Å². The molecule has 0 radical (unpaired) electrons. The van der Waals surface area contributed by atoms with Crippen molar-refractivity contribution < 1.29 is 4.74 Å². The average molecular weight is 225 g/mol. The van der Waals surface area contributed by atoms with Gasteiger partial charge in [0.15, 0.2) is 0 Å². The summed E-state index contributed by atoms with van der Waals surface area (Å²) < 4.78 is 5.37. The fourth-order valence-corrected chi connectivity index (χ4v) is 1.48. The van der Waals surface area contributed by atoms with Crippen LogP contribution in [0.1, 0.15) is 12.5 Å². The van der Waals surface area contributed by atoms with Gasteiger partial charge in [0, 0.05) is 6.21 Å². The smallest absolute Gasteiger partial charge is 0.119 e. The van der Waals surface area contributed by atoms with Crippen LogP contribution in [0.3, 0.4) is 0 Å². The van der Waals surface area contributed by atoms with E-state index < -0.39 is 0 Å². The second kappa shape index (κ2) is 5.85. The fraction of sp³-hybridized carbons (Fsp3) is 0.133. The summed E-state index contributed by atoms with van der Waals surface area (Å²) in [5, 5.41) is 0. The van der Waals surface area contributed by atoms with Gasteiger partial charge < -0.3 is 4.74 Å². The van der Waals surface area contributed by atoms with Gasteiger partial charge in [-0.1, -0.05) is 30.3 Å². The highest BCUT2D eigenvalue weighted by molar-refractivity contribution is 5.81. The lowest BCUT2D eigenvalue weighted by Crippen LogP contribution is -1.89. The fourth-order valence-electron chi connectivity index (χ4n) is 1.48. The van der Waals surface area contributed by atoms with Crippen molar-refractivity contribution in [3.63, 3.8) is 0 Å². The van der Waals surface area contributed by atoms with Crippen LogP contribution in [0.2, 0.25) is 0 Å². The van der Waals surface area contributed by atoms with Gasteiger partial charge in [0.2, 0.25) is 0 Å². The zero-order chi connectivity index (χ0) is 11.9. The van der Waals surface area contributed by atoms with Crippen LogP contribution in [0, 0.1) is 0 Å². The summed E-state index contributed by atoms with van der Waals surface area (Å²) in [5.41, 5.74) is 2.03. The molecule has 0 aromatic heterocycles. The molecule has 0 unspecified atom stereocenters. The molecule has 0 aliphatic carbocycles. The van der Waals surface area contributed by atoms with Crippen molar-refractivity contribution in [2.45, 2.75) is 6.92 Å². The molecule has 0 spiro atoms. The van der Waals surface area contributed by atoms with Gasteiger partial charge in [-0.3, -0.25) is 4.99 Å². The van der Waals surface area contributed by atoms with Crippen molar-refractivity contribution in [2.75, 3.05) is 6.61 Å². The van der Waals surface area contributed by atoms with E-state index in [0.717, 1.165) is 17.0 Å². The summed E-state index contributed by atoms with van der Waals surface area (Å²) in [6, 6.07) is 17.8. The Kier molecular flexibility index (Phi) is 3.92. The Balaban J connectivity index is 2.06. The topological polar surface area (TPSA) is 21.6 Å². The third-order valence-electron chi connectivity index (χ3n) is 2.31. The molecule has 2 nitrogen and oxygen atoms in total.